The molecule has 1 rings (SSSR count). The van der Waals surface area contributed by atoms with Crippen LogP contribution in [0.15, 0.2) is 23.4 Å². The van der Waals surface area contributed by atoms with Gasteiger partial charge in [0, 0.05) is 38.0 Å². The van der Waals surface area contributed by atoms with E-state index >= 15 is 0 Å². The highest BCUT2D eigenvalue weighted by Crippen LogP contribution is 2.08. The number of aromatic nitrogens is 1. The normalized spacial score (nSPS) is 10.5. The van der Waals surface area contributed by atoms with Crippen LogP contribution in [-0.2, 0) is 14.8 Å². The minimum absolute atomic E-state index is 0.00540. The fraction of sp³-hybridized carbons (Fsp3) is 0.333. The van der Waals surface area contributed by atoms with Crippen LogP contribution in [0, 0.1) is 11.8 Å². The van der Waals surface area contributed by atoms with Gasteiger partial charge in [-0.2, -0.15) is 0 Å². The summed E-state index contributed by atoms with van der Waals surface area (Å²) in [5.74, 6) is 4.72. The van der Waals surface area contributed by atoms with Crippen molar-refractivity contribution in [2.75, 3.05) is 20.2 Å². The number of sulfonamides is 1. The Morgan fingerprint density at radius 3 is 2.85 bits per heavy atom. The molecular weight excluding hydrogens is 282 g/mol. The minimum atomic E-state index is -3.73. The van der Waals surface area contributed by atoms with E-state index < -0.39 is 10.0 Å². The highest BCUT2D eigenvalue weighted by molar-refractivity contribution is 7.89. The van der Waals surface area contributed by atoms with Crippen molar-refractivity contribution in [3.05, 3.63) is 24.0 Å². The molecule has 0 saturated heterocycles. The van der Waals surface area contributed by atoms with Gasteiger partial charge in [-0.25, -0.2) is 13.1 Å². The van der Waals surface area contributed by atoms with Gasteiger partial charge in [0.15, 0.2) is 0 Å². The Hall–Kier alpha value is -1.95. The molecule has 0 aliphatic carbocycles. The number of rotatable bonds is 5. The number of nitrogens with zero attached hydrogens (tertiary/aromatic N) is 1. The molecule has 1 aromatic heterocycles. The molecule has 7 nitrogen and oxygen atoms in total. The predicted molar refractivity (Wildman–Crippen MR) is 72.1 cm³/mol. The lowest BCUT2D eigenvalue weighted by atomic mass is 10.3. The fourth-order valence-corrected chi connectivity index (χ4v) is 2.30. The molecule has 0 aliphatic rings. The number of hydrogen-bond donors (Lipinski definition) is 3. The zero-order valence-electron chi connectivity index (χ0n) is 10.9. The summed E-state index contributed by atoms with van der Waals surface area (Å²) in [7, 11) is -2.26. The molecule has 0 saturated carbocycles. The molecule has 0 spiro atoms. The van der Waals surface area contributed by atoms with Gasteiger partial charge in [0.1, 0.15) is 11.5 Å². The number of aliphatic hydroxyl groups excluding tert-OH is 1. The molecule has 20 heavy (non-hydrogen) atoms. The first-order valence-corrected chi connectivity index (χ1v) is 7.23. The largest absolute Gasteiger partial charge is 0.384 e. The summed E-state index contributed by atoms with van der Waals surface area (Å²) in [6.45, 7) is -0.324. The molecule has 0 unspecified atom stereocenters. The van der Waals surface area contributed by atoms with Crippen LogP contribution in [0.5, 0.6) is 0 Å². The van der Waals surface area contributed by atoms with Gasteiger partial charge in [-0.05, 0) is 6.07 Å². The monoisotopic (exact) mass is 297 g/mol. The van der Waals surface area contributed by atoms with Crippen molar-refractivity contribution in [1.29, 1.82) is 0 Å². The van der Waals surface area contributed by atoms with Gasteiger partial charge in [-0.15, -0.1) is 0 Å². The van der Waals surface area contributed by atoms with Gasteiger partial charge < -0.3 is 10.4 Å². The maximum atomic E-state index is 11.9. The van der Waals surface area contributed by atoms with E-state index in [4.69, 9.17) is 5.11 Å². The first-order valence-electron chi connectivity index (χ1n) is 5.74. The summed E-state index contributed by atoms with van der Waals surface area (Å²) in [5.41, 5.74) is 0.383. The first kappa shape index (κ1) is 16.1. The Morgan fingerprint density at radius 2 is 2.20 bits per heavy atom. The van der Waals surface area contributed by atoms with Gasteiger partial charge in [-0.3, -0.25) is 9.78 Å². The molecule has 0 radical (unpaired) electrons. The highest BCUT2D eigenvalue weighted by Gasteiger charge is 2.14. The molecule has 0 atom stereocenters. The number of nitrogens with one attached hydrogen (secondary N) is 2. The zero-order chi connectivity index (χ0) is 15.0. The molecule has 1 heterocycles. The van der Waals surface area contributed by atoms with E-state index in [2.05, 4.69) is 26.9 Å². The number of amides is 1. The Labute approximate surface area is 117 Å². The Kier molecular flexibility index (Phi) is 6.11. The molecule has 3 N–H and O–H groups in total. The van der Waals surface area contributed by atoms with E-state index in [1.807, 2.05) is 0 Å². The van der Waals surface area contributed by atoms with Crippen molar-refractivity contribution in [3.63, 3.8) is 0 Å². The Bertz CT molecular complexity index is 632. The molecule has 1 amide bonds. The van der Waals surface area contributed by atoms with Crippen LogP contribution in [0.25, 0.3) is 0 Å². The lowest BCUT2D eigenvalue weighted by Crippen LogP contribution is -2.29. The molecule has 0 aliphatic heterocycles. The maximum Gasteiger partial charge on any atom is 0.242 e. The van der Waals surface area contributed by atoms with Crippen molar-refractivity contribution in [1.82, 2.24) is 15.0 Å². The molecule has 1 aromatic rings. The molecular formula is C12H15N3O4S. The van der Waals surface area contributed by atoms with Gasteiger partial charge in [0.2, 0.25) is 15.9 Å². The van der Waals surface area contributed by atoms with Gasteiger partial charge >= 0.3 is 0 Å². The number of pyridine rings is 1. The van der Waals surface area contributed by atoms with E-state index in [9.17, 15) is 13.2 Å². The van der Waals surface area contributed by atoms with Crippen molar-refractivity contribution in [2.24, 2.45) is 0 Å². The quantitative estimate of drug-likeness (QED) is 0.594. The van der Waals surface area contributed by atoms with Gasteiger partial charge in [-0.1, -0.05) is 11.8 Å². The smallest absolute Gasteiger partial charge is 0.242 e. The minimum Gasteiger partial charge on any atom is -0.384 e. The van der Waals surface area contributed by atoms with Crippen molar-refractivity contribution in [2.45, 2.75) is 11.3 Å². The molecule has 0 aromatic carbocycles. The average Bonchev–Trinajstić information content (AvgIpc) is 2.45. The third-order valence-electron chi connectivity index (χ3n) is 2.26. The highest BCUT2D eigenvalue weighted by atomic mass is 32.2. The fourth-order valence-electron chi connectivity index (χ4n) is 1.28. The van der Waals surface area contributed by atoms with Gasteiger partial charge in [0.05, 0.1) is 0 Å². The van der Waals surface area contributed by atoms with Gasteiger partial charge in [0.25, 0.3) is 0 Å². The Morgan fingerprint density at radius 1 is 1.45 bits per heavy atom. The van der Waals surface area contributed by atoms with E-state index in [1.54, 1.807) is 0 Å². The number of carbonyl (C=O) groups is 1. The number of aliphatic hydroxyl groups is 1. The van der Waals surface area contributed by atoms with E-state index in [1.165, 1.54) is 25.5 Å². The lowest BCUT2D eigenvalue weighted by Gasteiger charge is -2.06. The van der Waals surface area contributed by atoms with Crippen molar-refractivity contribution in [3.8, 4) is 11.8 Å². The third kappa shape index (κ3) is 4.97. The summed E-state index contributed by atoms with van der Waals surface area (Å²) in [6, 6.07) is 1.35. The van der Waals surface area contributed by atoms with Crippen LogP contribution >= 0.6 is 0 Å². The first-order chi connectivity index (χ1) is 9.49. The second-order valence-electron chi connectivity index (χ2n) is 3.69. The van der Waals surface area contributed by atoms with E-state index in [0.717, 1.165) is 0 Å². The summed E-state index contributed by atoms with van der Waals surface area (Å²) in [4.78, 5) is 14.7. The van der Waals surface area contributed by atoms with Crippen LogP contribution in [0.4, 0.5) is 0 Å². The van der Waals surface area contributed by atoms with Crippen LogP contribution in [-0.4, -0.2) is 44.6 Å². The molecule has 0 bridgehead atoms. The second-order valence-corrected chi connectivity index (χ2v) is 5.46. The number of carbonyl (C=O) groups excluding carboxylic acids is 1. The standard InChI is InChI=1S/C12H15N3O4S/c1-13-12(17)4-5-15-20(18,19)11-7-10(3-2-6-16)8-14-9-11/h7-9,15-16H,4-6H2,1H3,(H,13,17). The lowest BCUT2D eigenvalue weighted by molar-refractivity contribution is -0.120. The van der Waals surface area contributed by atoms with E-state index in [0.29, 0.717) is 5.56 Å². The molecule has 108 valence electrons. The topological polar surface area (TPSA) is 108 Å². The summed E-state index contributed by atoms with van der Waals surface area (Å²) in [6.07, 6.45) is 2.63. The maximum absolute atomic E-state index is 11.9. The summed E-state index contributed by atoms with van der Waals surface area (Å²) in [5, 5.41) is 11.0. The second kappa shape index (κ2) is 7.59. The average molecular weight is 297 g/mol. The Balaban J connectivity index is 2.79. The van der Waals surface area contributed by atoms with Crippen LogP contribution in [0.3, 0.4) is 0 Å². The predicted octanol–water partition coefficient (Wildman–Crippen LogP) is -1.16. The van der Waals surface area contributed by atoms with Crippen LogP contribution in [0.2, 0.25) is 0 Å². The van der Waals surface area contributed by atoms with Crippen molar-refractivity contribution < 1.29 is 18.3 Å². The molecule has 0 fully saturated rings. The van der Waals surface area contributed by atoms with Crippen molar-refractivity contribution >= 4 is 15.9 Å². The SMILES string of the molecule is CNC(=O)CCNS(=O)(=O)c1cncc(C#CCO)c1. The number of hydrogen-bond acceptors (Lipinski definition) is 5. The zero-order valence-corrected chi connectivity index (χ0v) is 11.7. The molecule has 8 heteroatoms. The van der Waals surface area contributed by atoms with E-state index in [-0.39, 0.29) is 30.4 Å². The summed E-state index contributed by atoms with van der Waals surface area (Å²) >= 11 is 0. The van der Waals surface area contributed by atoms with Crippen LogP contribution in [0.1, 0.15) is 12.0 Å². The third-order valence-corrected chi connectivity index (χ3v) is 3.69. The van der Waals surface area contributed by atoms with Crippen LogP contribution < -0.4 is 10.0 Å². The summed E-state index contributed by atoms with van der Waals surface area (Å²) < 4.78 is 26.2.